The third kappa shape index (κ3) is 4.13. The fraction of sp³-hybridized carbons (Fsp3) is 0.261. The number of nitrogens with one attached hydrogen (secondary N) is 1. The van der Waals surface area contributed by atoms with Crippen LogP contribution in [0.25, 0.3) is 11.0 Å². The summed E-state index contributed by atoms with van der Waals surface area (Å²) in [7, 11) is 1.89. The monoisotopic (exact) mass is 494 g/mol. The quantitative estimate of drug-likeness (QED) is 0.433. The normalized spacial score (nSPS) is 12.9. The van der Waals surface area contributed by atoms with Crippen molar-refractivity contribution in [1.29, 1.82) is 5.26 Å². The third-order valence-electron chi connectivity index (χ3n) is 5.08. The summed E-state index contributed by atoms with van der Waals surface area (Å²) in [5.41, 5.74) is 6.07. The smallest absolute Gasteiger partial charge is 0.300 e. The molecule has 0 unspecified atom stereocenters. The molecule has 1 N–H and O–H groups in total. The zero-order valence-electron chi connectivity index (χ0n) is 16.2. The molecule has 3 aromatic rings. The number of nitrogens with zero attached hydrogens (tertiary/aromatic N) is 3. The highest BCUT2D eigenvalue weighted by atomic mass is 127. The Hall–Kier alpha value is -2.84. The summed E-state index contributed by atoms with van der Waals surface area (Å²) in [5.74, 6) is 5.81. The first-order valence-corrected chi connectivity index (χ1v) is 10.5. The van der Waals surface area contributed by atoms with Crippen LogP contribution in [0.15, 0.2) is 30.5 Å². The minimum atomic E-state index is -0.314. The Bertz CT molecular complexity index is 1240. The minimum absolute atomic E-state index is 0.314. The van der Waals surface area contributed by atoms with Gasteiger partial charge in [-0.1, -0.05) is 5.92 Å². The third-order valence-corrected chi connectivity index (χ3v) is 6.24. The first-order chi connectivity index (χ1) is 14.0. The van der Waals surface area contributed by atoms with Gasteiger partial charge in [-0.2, -0.15) is 5.26 Å². The number of hydrogen-bond donors (Lipinski definition) is 1. The van der Waals surface area contributed by atoms with E-state index >= 15 is 0 Å². The van der Waals surface area contributed by atoms with Crippen molar-refractivity contribution < 1.29 is 4.79 Å². The predicted molar refractivity (Wildman–Crippen MR) is 121 cm³/mol. The summed E-state index contributed by atoms with van der Waals surface area (Å²) in [6.07, 6.45) is 4.46. The Morgan fingerprint density at radius 1 is 1.38 bits per heavy atom. The molecule has 0 aliphatic heterocycles. The van der Waals surface area contributed by atoms with Gasteiger partial charge in [-0.3, -0.25) is 4.79 Å². The Morgan fingerprint density at radius 3 is 2.90 bits per heavy atom. The average molecular weight is 494 g/mol. The second-order valence-corrected chi connectivity index (χ2v) is 8.49. The average Bonchev–Trinajstić information content (AvgIpc) is 3.49. The van der Waals surface area contributed by atoms with E-state index in [4.69, 9.17) is 0 Å². The molecule has 4 rings (SSSR count). The number of nitriles is 1. The fourth-order valence-electron chi connectivity index (χ4n) is 3.39. The van der Waals surface area contributed by atoms with Crippen LogP contribution in [0.1, 0.15) is 41.1 Å². The minimum Gasteiger partial charge on any atom is -0.348 e. The molecule has 2 aromatic heterocycles. The molecule has 2 heterocycles. The molecule has 6 heteroatoms. The summed E-state index contributed by atoms with van der Waals surface area (Å²) in [4.78, 5) is 16.9. The van der Waals surface area contributed by atoms with Gasteiger partial charge in [0, 0.05) is 22.5 Å². The molecule has 1 aliphatic carbocycles. The molecule has 1 amide bonds. The summed E-state index contributed by atoms with van der Waals surface area (Å²) in [5, 5.41) is 12.2. The van der Waals surface area contributed by atoms with Crippen LogP contribution in [0, 0.1) is 33.7 Å². The molecule has 0 spiro atoms. The standard InChI is InChI=1S/C23H19IN4O/c1-14-10-20(18(11-19(14)24)15-6-7-15)27-22(29)5-3-4-17-8-9-21-23(26-17)16(12-25)13-28(21)2/h8-11,13,15H,4,6-7H2,1-2H3,(H,27,29). The molecule has 5 nitrogen and oxygen atoms in total. The Labute approximate surface area is 183 Å². The van der Waals surface area contributed by atoms with Crippen molar-refractivity contribution in [3.8, 4) is 17.9 Å². The topological polar surface area (TPSA) is 70.7 Å². The van der Waals surface area contributed by atoms with Crippen LogP contribution in [0.3, 0.4) is 0 Å². The van der Waals surface area contributed by atoms with Gasteiger partial charge >= 0.3 is 0 Å². The van der Waals surface area contributed by atoms with Crippen LogP contribution >= 0.6 is 22.6 Å². The number of carbonyl (C=O) groups is 1. The van der Waals surface area contributed by atoms with Crippen molar-refractivity contribution in [2.75, 3.05) is 5.32 Å². The summed E-state index contributed by atoms with van der Waals surface area (Å²) >= 11 is 2.33. The second kappa shape index (κ2) is 7.88. The van der Waals surface area contributed by atoms with Crippen LogP contribution in [0.4, 0.5) is 5.69 Å². The van der Waals surface area contributed by atoms with E-state index in [-0.39, 0.29) is 5.91 Å². The zero-order valence-corrected chi connectivity index (χ0v) is 18.4. The van der Waals surface area contributed by atoms with E-state index in [1.807, 2.05) is 36.7 Å². The number of pyridine rings is 1. The van der Waals surface area contributed by atoms with Crippen molar-refractivity contribution in [2.45, 2.75) is 32.1 Å². The van der Waals surface area contributed by atoms with E-state index in [2.05, 4.69) is 56.9 Å². The predicted octanol–water partition coefficient (Wildman–Crippen LogP) is 4.42. The van der Waals surface area contributed by atoms with Crippen molar-refractivity contribution in [3.63, 3.8) is 0 Å². The molecule has 144 valence electrons. The zero-order chi connectivity index (χ0) is 20.5. The number of halogens is 1. The van der Waals surface area contributed by atoms with Gasteiger partial charge in [-0.25, -0.2) is 4.98 Å². The lowest BCUT2D eigenvalue weighted by molar-refractivity contribution is -0.111. The van der Waals surface area contributed by atoms with Crippen molar-refractivity contribution in [2.24, 2.45) is 7.05 Å². The van der Waals surface area contributed by atoms with E-state index < -0.39 is 0 Å². The Morgan fingerprint density at radius 2 is 2.17 bits per heavy atom. The highest BCUT2D eigenvalue weighted by Gasteiger charge is 2.27. The number of benzene rings is 1. The van der Waals surface area contributed by atoms with Gasteiger partial charge in [0.15, 0.2) is 0 Å². The molecule has 1 fully saturated rings. The Balaban J connectivity index is 1.49. The number of rotatable bonds is 3. The van der Waals surface area contributed by atoms with Gasteiger partial charge in [0.2, 0.25) is 0 Å². The van der Waals surface area contributed by atoms with Gasteiger partial charge in [0.1, 0.15) is 11.6 Å². The van der Waals surface area contributed by atoms with Crippen LogP contribution in [-0.4, -0.2) is 15.5 Å². The molecule has 0 saturated heterocycles. The first-order valence-electron chi connectivity index (χ1n) is 9.41. The maximum atomic E-state index is 12.4. The van der Waals surface area contributed by atoms with E-state index in [0.29, 0.717) is 23.4 Å². The molecule has 1 saturated carbocycles. The lowest BCUT2D eigenvalue weighted by Crippen LogP contribution is -2.11. The van der Waals surface area contributed by atoms with E-state index in [0.717, 1.165) is 22.5 Å². The SMILES string of the molecule is Cc1cc(NC(=O)C#CCc2ccc3c(n2)c(C#N)cn3C)c(C2CC2)cc1I. The summed E-state index contributed by atoms with van der Waals surface area (Å²) in [6, 6.07) is 10.2. The molecule has 1 aromatic carbocycles. The molecular formula is C23H19IN4O. The number of aromatic nitrogens is 2. The molecule has 1 aliphatic rings. The summed E-state index contributed by atoms with van der Waals surface area (Å²) < 4.78 is 3.09. The number of carbonyl (C=O) groups excluding carboxylic acids is 1. The van der Waals surface area contributed by atoms with Crippen LogP contribution < -0.4 is 5.32 Å². The van der Waals surface area contributed by atoms with E-state index in [1.165, 1.54) is 22.0 Å². The second-order valence-electron chi connectivity index (χ2n) is 7.33. The lowest BCUT2D eigenvalue weighted by atomic mass is 10.1. The van der Waals surface area contributed by atoms with Gasteiger partial charge in [0.25, 0.3) is 5.91 Å². The fourth-order valence-corrected chi connectivity index (χ4v) is 3.88. The largest absolute Gasteiger partial charge is 0.348 e. The Kier molecular flexibility index (Phi) is 5.29. The van der Waals surface area contributed by atoms with Crippen LogP contribution in [0.5, 0.6) is 0 Å². The van der Waals surface area contributed by atoms with Crippen LogP contribution in [0.2, 0.25) is 0 Å². The van der Waals surface area contributed by atoms with Crippen molar-refractivity contribution in [3.05, 3.63) is 56.4 Å². The number of fused-ring (bicyclic) bond motifs is 1. The van der Waals surface area contributed by atoms with Gasteiger partial charge in [-0.15, -0.1) is 0 Å². The molecule has 0 radical (unpaired) electrons. The van der Waals surface area contributed by atoms with Gasteiger partial charge in [-0.05, 0) is 89.6 Å². The highest BCUT2D eigenvalue weighted by Crippen LogP contribution is 2.44. The summed E-state index contributed by atoms with van der Waals surface area (Å²) in [6.45, 7) is 2.04. The number of aryl methyl sites for hydroxylation is 2. The van der Waals surface area contributed by atoms with Gasteiger partial charge < -0.3 is 9.88 Å². The van der Waals surface area contributed by atoms with Crippen molar-refractivity contribution in [1.82, 2.24) is 9.55 Å². The first kappa shape index (κ1) is 19.5. The number of amides is 1. The number of hydrogen-bond acceptors (Lipinski definition) is 3. The molecule has 0 bridgehead atoms. The van der Waals surface area contributed by atoms with Gasteiger partial charge in [0.05, 0.1) is 23.2 Å². The van der Waals surface area contributed by atoms with Crippen LogP contribution in [-0.2, 0) is 18.3 Å². The maximum absolute atomic E-state index is 12.4. The molecular weight excluding hydrogens is 475 g/mol. The maximum Gasteiger partial charge on any atom is 0.300 e. The van der Waals surface area contributed by atoms with Crippen molar-refractivity contribution >= 4 is 45.2 Å². The number of anilines is 1. The highest BCUT2D eigenvalue weighted by molar-refractivity contribution is 14.1. The lowest BCUT2D eigenvalue weighted by Gasteiger charge is -2.11. The van der Waals surface area contributed by atoms with E-state index in [9.17, 15) is 10.1 Å². The molecule has 0 atom stereocenters. The van der Waals surface area contributed by atoms with E-state index in [1.54, 1.807) is 6.20 Å². The molecule has 29 heavy (non-hydrogen) atoms.